The van der Waals surface area contributed by atoms with Crippen LogP contribution >= 0.6 is 17.0 Å². The molecule has 0 aliphatic carbocycles. The largest absolute Gasteiger partial charge is 0.493 e. The van der Waals surface area contributed by atoms with E-state index in [2.05, 4.69) is 0 Å². The normalized spacial score (nSPS) is 12.4. The van der Waals surface area contributed by atoms with Gasteiger partial charge in [0.15, 0.2) is 29.7 Å². The first kappa shape index (κ1) is 28.9. The van der Waals surface area contributed by atoms with E-state index in [-0.39, 0.29) is 70.8 Å². The number of hydrogen-bond donors (Lipinski definition) is 1. The fraction of sp³-hybridized carbons (Fsp3) is 0.423. The van der Waals surface area contributed by atoms with Gasteiger partial charge in [0.1, 0.15) is 17.7 Å². The number of anilines is 1. The Balaban J connectivity index is 0.00000456. The van der Waals surface area contributed by atoms with Crippen molar-refractivity contribution in [2.24, 2.45) is 0 Å². The maximum Gasteiger partial charge on any atom is 0.197 e. The first-order valence-corrected chi connectivity index (χ1v) is 11.1. The van der Waals surface area contributed by atoms with Crippen LogP contribution in [0.4, 0.5) is 10.1 Å². The SMILES string of the molecule is Br.COc1cc2c(c(F)c1OC)C(=N)N(CC(=O)c1cc(N(C)C)c(OCC#N)c(C(C)(C)C)c1)C2. The minimum absolute atomic E-state index is 0. The highest BCUT2D eigenvalue weighted by Crippen LogP contribution is 2.41. The number of nitriles is 1. The average Bonchev–Trinajstić information content (AvgIpc) is 3.11. The van der Waals surface area contributed by atoms with Crippen molar-refractivity contribution < 1.29 is 23.4 Å². The first-order valence-electron chi connectivity index (χ1n) is 11.1. The molecule has 0 spiro atoms. The van der Waals surface area contributed by atoms with Crippen LogP contribution in [0.2, 0.25) is 0 Å². The Bertz CT molecular complexity index is 1220. The van der Waals surface area contributed by atoms with Crippen molar-refractivity contribution in [2.75, 3.05) is 46.4 Å². The fourth-order valence-electron chi connectivity index (χ4n) is 4.14. The van der Waals surface area contributed by atoms with Crippen LogP contribution in [0.25, 0.3) is 0 Å². The summed E-state index contributed by atoms with van der Waals surface area (Å²) in [6, 6.07) is 7.14. The number of nitrogens with one attached hydrogen (secondary N) is 1. The quantitative estimate of drug-likeness (QED) is 0.465. The molecule has 1 heterocycles. The van der Waals surface area contributed by atoms with Crippen LogP contribution in [0.1, 0.15) is 47.8 Å². The zero-order valence-electron chi connectivity index (χ0n) is 21.6. The Morgan fingerprint density at radius 1 is 1.19 bits per heavy atom. The molecule has 1 N–H and O–H groups in total. The number of amidine groups is 1. The summed E-state index contributed by atoms with van der Waals surface area (Å²) in [6.07, 6.45) is 0. The van der Waals surface area contributed by atoms with E-state index in [0.29, 0.717) is 22.6 Å². The molecule has 0 atom stereocenters. The number of halogens is 2. The molecule has 1 aliphatic heterocycles. The van der Waals surface area contributed by atoms with E-state index in [1.54, 1.807) is 18.2 Å². The minimum Gasteiger partial charge on any atom is -0.493 e. The third-order valence-corrected chi connectivity index (χ3v) is 5.90. The lowest BCUT2D eigenvalue weighted by Crippen LogP contribution is -2.31. The number of ether oxygens (including phenoxy) is 3. The van der Waals surface area contributed by atoms with E-state index in [1.807, 2.05) is 45.8 Å². The summed E-state index contributed by atoms with van der Waals surface area (Å²) in [4.78, 5) is 16.8. The van der Waals surface area contributed by atoms with Crippen LogP contribution in [0.5, 0.6) is 17.2 Å². The van der Waals surface area contributed by atoms with E-state index in [0.717, 1.165) is 5.56 Å². The zero-order chi connectivity index (χ0) is 26.1. The lowest BCUT2D eigenvalue weighted by Gasteiger charge is -2.28. The van der Waals surface area contributed by atoms with Crippen LogP contribution in [0, 0.1) is 22.6 Å². The van der Waals surface area contributed by atoms with Crippen LogP contribution in [-0.4, -0.2) is 58.0 Å². The number of Topliss-reactive ketones (excluding diaryl/α,β-unsaturated/α-hetero) is 1. The summed E-state index contributed by atoms with van der Waals surface area (Å²) in [5.41, 5.74) is 2.22. The average molecular weight is 563 g/mol. The first-order chi connectivity index (χ1) is 16.4. The number of methoxy groups -OCH3 is 2. The number of fused-ring (bicyclic) bond motifs is 1. The Morgan fingerprint density at radius 3 is 2.39 bits per heavy atom. The Kier molecular flexibility index (Phi) is 8.97. The van der Waals surface area contributed by atoms with Crippen molar-refractivity contribution in [1.29, 1.82) is 10.7 Å². The number of carbonyl (C=O) groups is 1. The van der Waals surface area contributed by atoms with Gasteiger partial charge in [0.2, 0.25) is 0 Å². The van der Waals surface area contributed by atoms with Crippen molar-refractivity contribution >= 4 is 34.3 Å². The molecular formula is C26H32BrFN4O4. The monoisotopic (exact) mass is 562 g/mol. The molecule has 36 heavy (non-hydrogen) atoms. The summed E-state index contributed by atoms with van der Waals surface area (Å²) < 4.78 is 31.2. The van der Waals surface area contributed by atoms with Crippen LogP contribution < -0.4 is 19.1 Å². The maximum atomic E-state index is 15.1. The topological polar surface area (TPSA) is 98.9 Å². The zero-order valence-corrected chi connectivity index (χ0v) is 23.3. The molecule has 0 radical (unpaired) electrons. The maximum absolute atomic E-state index is 15.1. The number of benzene rings is 2. The second kappa shape index (κ2) is 11.2. The molecule has 8 nitrogen and oxygen atoms in total. The Morgan fingerprint density at radius 2 is 1.86 bits per heavy atom. The van der Waals surface area contributed by atoms with E-state index in [1.165, 1.54) is 19.1 Å². The Hall–Kier alpha value is -3.32. The van der Waals surface area contributed by atoms with Gasteiger partial charge in [-0.3, -0.25) is 10.2 Å². The van der Waals surface area contributed by atoms with Gasteiger partial charge in [-0.25, -0.2) is 4.39 Å². The number of carbonyl (C=O) groups excluding carboxylic acids is 1. The molecule has 0 saturated carbocycles. The van der Waals surface area contributed by atoms with Gasteiger partial charge in [-0.2, -0.15) is 5.26 Å². The van der Waals surface area contributed by atoms with E-state index in [4.69, 9.17) is 24.9 Å². The number of hydrogen-bond acceptors (Lipinski definition) is 7. The second-order valence-electron chi connectivity index (χ2n) is 9.55. The van der Waals surface area contributed by atoms with Crippen LogP contribution in [0.3, 0.4) is 0 Å². The van der Waals surface area contributed by atoms with Crippen LogP contribution in [0.15, 0.2) is 18.2 Å². The van der Waals surface area contributed by atoms with E-state index < -0.39 is 5.82 Å². The summed E-state index contributed by atoms with van der Waals surface area (Å²) in [6.45, 7) is 6.00. The van der Waals surface area contributed by atoms with Gasteiger partial charge in [0, 0.05) is 31.8 Å². The van der Waals surface area contributed by atoms with E-state index in [9.17, 15) is 4.79 Å². The Labute approximate surface area is 221 Å². The predicted molar refractivity (Wildman–Crippen MR) is 142 cm³/mol. The van der Waals surface area contributed by atoms with Crippen molar-refractivity contribution in [3.63, 3.8) is 0 Å². The molecule has 2 aromatic carbocycles. The molecule has 10 heteroatoms. The molecule has 0 fully saturated rings. The highest BCUT2D eigenvalue weighted by molar-refractivity contribution is 8.93. The van der Waals surface area contributed by atoms with Crippen LogP contribution in [-0.2, 0) is 12.0 Å². The summed E-state index contributed by atoms with van der Waals surface area (Å²) >= 11 is 0. The van der Waals surface area contributed by atoms with Gasteiger partial charge in [0.05, 0.1) is 32.0 Å². The van der Waals surface area contributed by atoms with Crippen molar-refractivity contribution in [3.8, 4) is 23.3 Å². The molecule has 0 aromatic heterocycles. The van der Waals surface area contributed by atoms with Gasteiger partial charge in [-0.1, -0.05) is 20.8 Å². The lowest BCUT2D eigenvalue weighted by molar-refractivity contribution is 0.0962. The van der Waals surface area contributed by atoms with Crippen molar-refractivity contribution in [1.82, 2.24) is 4.90 Å². The molecule has 0 amide bonds. The summed E-state index contributed by atoms with van der Waals surface area (Å²) in [5, 5.41) is 17.6. The molecule has 1 aliphatic rings. The van der Waals surface area contributed by atoms with Gasteiger partial charge in [0.25, 0.3) is 0 Å². The molecule has 194 valence electrons. The second-order valence-corrected chi connectivity index (χ2v) is 9.55. The standard InChI is InChI=1S/C26H31FN4O4.BrH/c1-26(2,3)17-10-15(11-18(30(4)5)23(17)35-9-8-28)19(32)14-31-13-16-12-20(33-6)24(34-7)22(27)21(16)25(31)29;/h10-12,29H,9,13-14H2,1-7H3;1H. The van der Waals surface area contributed by atoms with Gasteiger partial charge < -0.3 is 24.0 Å². The predicted octanol–water partition coefficient (Wildman–Crippen LogP) is 4.71. The molecule has 0 unspecified atom stereocenters. The molecular weight excluding hydrogens is 531 g/mol. The molecule has 3 rings (SSSR count). The smallest absolute Gasteiger partial charge is 0.197 e. The van der Waals surface area contributed by atoms with Gasteiger partial charge in [-0.15, -0.1) is 17.0 Å². The van der Waals surface area contributed by atoms with E-state index >= 15 is 4.39 Å². The highest BCUT2D eigenvalue weighted by atomic mass is 79.9. The summed E-state index contributed by atoms with van der Waals surface area (Å²) in [7, 11) is 6.44. The van der Waals surface area contributed by atoms with Crippen molar-refractivity contribution in [3.05, 3.63) is 46.3 Å². The van der Waals surface area contributed by atoms with Gasteiger partial charge >= 0.3 is 0 Å². The number of nitrogens with zero attached hydrogens (tertiary/aromatic N) is 3. The third-order valence-electron chi connectivity index (χ3n) is 5.90. The highest BCUT2D eigenvalue weighted by Gasteiger charge is 2.33. The molecule has 0 bridgehead atoms. The third kappa shape index (κ3) is 5.41. The molecule has 0 saturated heterocycles. The number of ketones is 1. The summed E-state index contributed by atoms with van der Waals surface area (Å²) in [5.74, 6) is -0.244. The van der Waals surface area contributed by atoms with Gasteiger partial charge in [-0.05, 0) is 29.2 Å². The minimum atomic E-state index is -0.675. The molecule has 2 aromatic rings. The fourth-order valence-corrected chi connectivity index (χ4v) is 4.14. The van der Waals surface area contributed by atoms with Crippen molar-refractivity contribution in [2.45, 2.75) is 32.7 Å². The lowest BCUT2D eigenvalue weighted by atomic mass is 9.84. The number of rotatable bonds is 8.